The summed E-state index contributed by atoms with van der Waals surface area (Å²) in [5.41, 5.74) is 3.21. The number of aryl methyl sites for hydroxylation is 1. The van der Waals surface area contributed by atoms with Crippen LogP contribution in [0.25, 0.3) is 0 Å². The molecule has 1 heterocycles. The summed E-state index contributed by atoms with van der Waals surface area (Å²) in [5, 5.41) is 19.3. The van der Waals surface area contributed by atoms with Crippen LogP contribution in [0.1, 0.15) is 22.6 Å². The van der Waals surface area contributed by atoms with Crippen molar-refractivity contribution < 1.29 is 14.9 Å². The Bertz CT molecular complexity index is 602. The van der Waals surface area contributed by atoms with E-state index in [-0.39, 0.29) is 17.4 Å². The summed E-state index contributed by atoms with van der Waals surface area (Å²) in [6.45, 7) is 2.63. The summed E-state index contributed by atoms with van der Waals surface area (Å²) < 4.78 is 5.66. The number of phenols is 2. The second-order valence-electron chi connectivity index (χ2n) is 5.06. The summed E-state index contributed by atoms with van der Waals surface area (Å²) in [4.78, 5) is 0. The Morgan fingerprint density at radius 1 is 1.11 bits per heavy atom. The predicted octanol–water partition coefficient (Wildman–Crippen LogP) is 3.12. The first kappa shape index (κ1) is 11.9. The van der Waals surface area contributed by atoms with Crippen LogP contribution in [0.3, 0.4) is 0 Å². The molecule has 98 valence electrons. The highest BCUT2D eigenvalue weighted by atomic mass is 16.5. The minimum Gasteiger partial charge on any atom is -0.508 e. The predicted molar refractivity (Wildman–Crippen MR) is 72.9 cm³/mol. The lowest BCUT2D eigenvalue weighted by molar-refractivity contribution is 0.257. The highest BCUT2D eigenvalue weighted by Crippen LogP contribution is 2.40. The van der Waals surface area contributed by atoms with Crippen LogP contribution in [0.15, 0.2) is 36.4 Å². The van der Waals surface area contributed by atoms with Gasteiger partial charge in [0.2, 0.25) is 0 Å². The van der Waals surface area contributed by atoms with Crippen LogP contribution in [0.5, 0.6) is 17.2 Å². The molecule has 3 rings (SSSR count). The molecule has 1 unspecified atom stereocenters. The van der Waals surface area contributed by atoms with E-state index in [0.29, 0.717) is 12.4 Å². The minimum absolute atomic E-state index is 0.0324. The molecule has 0 aromatic heterocycles. The van der Waals surface area contributed by atoms with Crippen molar-refractivity contribution in [1.29, 1.82) is 0 Å². The maximum Gasteiger partial charge on any atom is 0.129 e. The molecular weight excluding hydrogens is 240 g/mol. The van der Waals surface area contributed by atoms with Gasteiger partial charge in [0.1, 0.15) is 17.2 Å². The number of hydrogen-bond donors (Lipinski definition) is 2. The second kappa shape index (κ2) is 4.50. The van der Waals surface area contributed by atoms with E-state index in [9.17, 15) is 10.2 Å². The van der Waals surface area contributed by atoms with E-state index < -0.39 is 0 Å². The molecule has 3 heteroatoms. The topological polar surface area (TPSA) is 49.7 Å². The van der Waals surface area contributed by atoms with Crippen molar-refractivity contribution in [2.75, 3.05) is 6.61 Å². The normalized spacial score (nSPS) is 17.6. The largest absolute Gasteiger partial charge is 0.508 e. The van der Waals surface area contributed by atoms with Gasteiger partial charge in [-0.25, -0.2) is 0 Å². The maximum absolute atomic E-state index is 9.91. The molecule has 0 radical (unpaired) electrons. The molecular formula is C16H16O3. The molecule has 2 aromatic rings. The van der Waals surface area contributed by atoms with Crippen LogP contribution >= 0.6 is 0 Å². The SMILES string of the molecule is Cc1ccc(C2COc3cc(O)cc(O)c3C2)cc1. The van der Waals surface area contributed by atoms with Crippen molar-refractivity contribution in [2.45, 2.75) is 19.3 Å². The van der Waals surface area contributed by atoms with Gasteiger partial charge in [0.25, 0.3) is 0 Å². The number of rotatable bonds is 1. The average Bonchev–Trinajstić information content (AvgIpc) is 2.39. The van der Waals surface area contributed by atoms with Gasteiger partial charge in [-0.05, 0) is 18.9 Å². The van der Waals surface area contributed by atoms with Gasteiger partial charge in [-0.15, -0.1) is 0 Å². The first-order valence-electron chi connectivity index (χ1n) is 6.37. The molecule has 0 saturated carbocycles. The number of fused-ring (bicyclic) bond motifs is 1. The Morgan fingerprint density at radius 3 is 2.58 bits per heavy atom. The van der Waals surface area contributed by atoms with Crippen LogP contribution in [0, 0.1) is 6.92 Å². The third kappa shape index (κ3) is 2.24. The number of phenolic OH excluding ortho intramolecular Hbond substituents is 2. The number of ether oxygens (including phenoxy) is 1. The average molecular weight is 256 g/mol. The van der Waals surface area contributed by atoms with Crippen LogP contribution in [0.2, 0.25) is 0 Å². The zero-order valence-corrected chi connectivity index (χ0v) is 10.8. The molecule has 0 aliphatic carbocycles. The Kier molecular flexibility index (Phi) is 2.82. The van der Waals surface area contributed by atoms with E-state index in [1.54, 1.807) is 6.07 Å². The smallest absolute Gasteiger partial charge is 0.129 e. The van der Waals surface area contributed by atoms with Gasteiger partial charge in [0.15, 0.2) is 0 Å². The van der Waals surface area contributed by atoms with E-state index in [4.69, 9.17) is 4.74 Å². The molecule has 2 aromatic carbocycles. The fraction of sp³-hybridized carbons (Fsp3) is 0.250. The van der Waals surface area contributed by atoms with E-state index in [1.165, 1.54) is 17.2 Å². The van der Waals surface area contributed by atoms with Gasteiger partial charge in [0.05, 0.1) is 6.61 Å². The maximum atomic E-state index is 9.91. The minimum atomic E-state index is 0.0324. The van der Waals surface area contributed by atoms with Crippen LogP contribution in [-0.4, -0.2) is 16.8 Å². The summed E-state index contributed by atoms with van der Waals surface area (Å²) in [6, 6.07) is 11.3. The molecule has 1 atom stereocenters. The van der Waals surface area contributed by atoms with Crippen molar-refractivity contribution in [3.63, 3.8) is 0 Å². The fourth-order valence-electron chi connectivity index (χ4n) is 2.50. The summed E-state index contributed by atoms with van der Waals surface area (Å²) in [6.07, 6.45) is 0.727. The van der Waals surface area contributed by atoms with Gasteiger partial charge in [-0.3, -0.25) is 0 Å². The molecule has 2 N–H and O–H groups in total. The molecule has 0 fully saturated rings. The van der Waals surface area contributed by atoms with Gasteiger partial charge in [-0.1, -0.05) is 29.8 Å². The van der Waals surface area contributed by atoms with Crippen molar-refractivity contribution in [3.05, 3.63) is 53.1 Å². The lowest BCUT2D eigenvalue weighted by atomic mass is 9.89. The quantitative estimate of drug-likeness (QED) is 0.824. The molecule has 1 aliphatic heterocycles. The van der Waals surface area contributed by atoms with Crippen molar-refractivity contribution in [1.82, 2.24) is 0 Å². The highest BCUT2D eigenvalue weighted by Gasteiger charge is 2.24. The van der Waals surface area contributed by atoms with E-state index in [0.717, 1.165) is 12.0 Å². The molecule has 0 saturated heterocycles. The standard InChI is InChI=1S/C16H16O3/c1-10-2-4-11(5-3-10)12-6-14-15(18)7-13(17)8-16(14)19-9-12/h2-5,7-8,12,17-18H,6,9H2,1H3. The van der Waals surface area contributed by atoms with Crippen LogP contribution in [-0.2, 0) is 6.42 Å². The van der Waals surface area contributed by atoms with Gasteiger partial charge in [0, 0.05) is 23.6 Å². The van der Waals surface area contributed by atoms with E-state index >= 15 is 0 Å². The lowest BCUT2D eigenvalue weighted by Gasteiger charge is -2.26. The van der Waals surface area contributed by atoms with Crippen molar-refractivity contribution in [3.8, 4) is 17.2 Å². The Balaban J connectivity index is 1.92. The molecule has 0 bridgehead atoms. The van der Waals surface area contributed by atoms with Gasteiger partial charge < -0.3 is 14.9 Å². The molecule has 3 nitrogen and oxygen atoms in total. The fourth-order valence-corrected chi connectivity index (χ4v) is 2.50. The van der Waals surface area contributed by atoms with Crippen molar-refractivity contribution in [2.24, 2.45) is 0 Å². The molecule has 0 spiro atoms. The van der Waals surface area contributed by atoms with Gasteiger partial charge in [-0.2, -0.15) is 0 Å². The first-order chi connectivity index (χ1) is 9.13. The van der Waals surface area contributed by atoms with Crippen LogP contribution in [0.4, 0.5) is 0 Å². The molecule has 0 amide bonds. The van der Waals surface area contributed by atoms with Crippen molar-refractivity contribution >= 4 is 0 Å². The Labute approximate surface area is 112 Å². The highest BCUT2D eigenvalue weighted by molar-refractivity contribution is 5.51. The van der Waals surface area contributed by atoms with Crippen LogP contribution < -0.4 is 4.74 Å². The Hall–Kier alpha value is -2.16. The molecule has 1 aliphatic rings. The zero-order chi connectivity index (χ0) is 13.4. The van der Waals surface area contributed by atoms with E-state index in [1.807, 2.05) is 0 Å². The molecule has 19 heavy (non-hydrogen) atoms. The Morgan fingerprint density at radius 2 is 1.84 bits per heavy atom. The van der Waals surface area contributed by atoms with Gasteiger partial charge >= 0.3 is 0 Å². The number of aromatic hydroxyl groups is 2. The lowest BCUT2D eigenvalue weighted by Crippen LogP contribution is -2.19. The summed E-state index contributed by atoms with van der Waals surface area (Å²) >= 11 is 0. The second-order valence-corrected chi connectivity index (χ2v) is 5.06. The third-order valence-corrected chi connectivity index (χ3v) is 3.61. The monoisotopic (exact) mass is 256 g/mol. The first-order valence-corrected chi connectivity index (χ1v) is 6.37. The third-order valence-electron chi connectivity index (χ3n) is 3.61. The number of hydrogen-bond acceptors (Lipinski definition) is 3. The number of benzene rings is 2. The zero-order valence-electron chi connectivity index (χ0n) is 10.8. The summed E-state index contributed by atoms with van der Waals surface area (Å²) in [7, 11) is 0. The summed E-state index contributed by atoms with van der Waals surface area (Å²) in [5.74, 6) is 0.959. The van der Waals surface area contributed by atoms with E-state index in [2.05, 4.69) is 31.2 Å².